The average Bonchev–Trinajstić information content (AvgIpc) is 3.05. The Kier molecular flexibility index (Phi) is 4.92. The summed E-state index contributed by atoms with van der Waals surface area (Å²) in [5, 5.41) is 35.5. The molecule has 0 aliphatic heterocycles. The van der Waals surface area contributed by atoms with Crippen LogP contribution in [0.4, 0.5) is 0 Å². The number of phenols is 3. The fraction of sp³-hybridized carbons (Fsp3) is 0.238. The van der Waals surface area contributed by atoms with Crippen molar-refractivity contribution in [1.29, 1.82) is 0 Å². The normalized spacial score (nSPS) is 17.2. The van der Waals surface area contributed by atoms with E-state index in [0.717, 1.165) is 29.8 Å². The number of benzene rings is 2. The lowest BCUT2D eigenvalue weighted by Crippen LogP contribution is -2.16. The van der Waals surface area contributed by atoms with Crippen molar-refractivity contribution in [2.75, 3.05) is 0 Å². The molecule has 0 radical (unpaired) electrons. The predicted molar refractivity (Wildman–Crippen MR) is 109 cm³/mol. The van der Waals surface area contributed by atoms with Gasteiger partial charge in [-0.1, -0.05) is 24.3 Å². The first kappa shape index (κ1) is 18.3. The molecule has 144 valence electrons. The van der Waals surface area contributed by atoms with Crippen LogP contribution in [0.5, 0.6) is 17.2 Å². The molecular weight excluding hydrogens is 374 g/mol. The average molecular weight is 395 g/mol. The molecule has 6 nitrogen and oxygen atoms in total. The summed E-state index contributed by atoms with van der Waals surface area (Å²) in [5.41, 5.74) is 3.86. The van der Waals surface area contributed by atoms with Crippen LogP contribution in [-0.4, -0.2) is 26.2 Å². The van der Waals surface area contributed by atoms with Crippen LogP contribution in [-0.2, 0) is 6.42 Å². The Morgan fingerprint density at radius 1 is 1.11 bits per heavy atom. The molecule has 0 bridgehead atoms. The highest BCUT2D eigenvalue weighted by atomic mass is 32.1. The minimum absolute atomic E-state index is 0.107. The van der Waals surface area contributed by atoms with Gasteiger partial charge in [0.2, 0.25) is 10.6 Å². The fourth-order valence-corrected chi connectivity index (χ4v) is 4.27. The van der Waals surface area contributed by atoms with Crippen molar-refractivity contribution in [2.45, 2.75) is 32.2 Å². The van der Waals surface area contributed by atoms with Gasteiger partial charge in [-0.15, -0.1) is 11.3 Å². The van der Waals surface area contributed by atoms with Gasteiger partial charge < -0.3 is 15.3 Å². The van der Waals surface area contributed by atoms with Crippen LogP contribution in [0.2, 0.25) is 0 Å². The molecule has 0 fully saturated rings. The molecule has 2 aromatic carbocycles. The van der Waals surface area contributed by atoms with E-state index in [-0.39, 0.29) is 11.8 Å². The number of hydrogen-bond acceptors (Lipinski definition) is 6. The Hall–Kier alpha value is -3.06. The third-order valence-corrected chi connectivity index (χ3v) is 5.88. The van der Waals surface area contributed by atoms with Crippen molar-refractivity contribution in [3.05, 3.63) is 69.0 Å². The maximum absolute atomic E-state index is 9.98. The Bertz CT molecular complexity index is 1110. The Morgan fingerprint density at radius 2 is 1.93 bits per heavy atom. The van der Waals surface area contributed by atoms with Crippen LogP contribution in [0, 0.1) is 6.92 Å². The third-order valence-electron chi connectivity index (χ3n) is 4.93. The molecular formula is C21H21N3O3S. The summed E-state index contributed by atoms with van der Waals surface area (Å²) in [5.74, 6) is -1.34. The van der Waals surface area contributed by atoms with Gasteiger partial charge in [-0.2, -0.15) is 5.10 Å². The van der Waals surface area contributed by atoms with Crippen LogP contribution in [0.15, 0.2) is 51.9 Å². The molecule has 7 heteroatoms. The quantitative estimate of drug-likeness (QED) is 0.465. The van der Waals surface area contributed by atoms with E-state index >= 15 is 0 Å². The van der Waals surface area contributed by atoms with Gasteiger partial charge in [0.15, 0.2) is 11.5 Å². The summed E-state index contributed by atoms with van der Waals surface area (Å²) < 4.78 is 1.73. The number of fused-ring (bicyclic) bond motifs is 1. The molecule has 1 heterocycles. The largest absolute Gasteiger partial charge is 0.504 e. The molecule has 1 atom stereocenters. The molecule has 0 saturated carbocycles. The maximum atomic E-state index is 9.98. The van der Waals surface area contributed by atoms with E-state index in [1.165, 1.54) is 40.8 Å². The summed E-state index contributed by atoms with van der Waals surface area (Å²) in [6.45, 7) is 1.94. The van der Waals surface area contributed by atoms with Gasteiger partial charge in [0.05, 0.1) is 18.0 Å². The van der Waals surface area contributed by atoms with E-state index in [4.69, 9.17) is 4.99 Å². The first-order valence-corrected chi connectivity index (χ1v) is 9.99. The molecule has 3 N–H and O–H groups in total. The molecule has 1 unspecified atom stereocenters. The van der Waals surface area contributed by atoms with Gasteiger partial charge in [-0.3, -0.25) is 0 Å². The number of hydrogen-bond donors (Lipinski definition) is 3. The smallest absolute Gasteiger partial charge is 0.206 e. The minimum atomic E-state index is -0.556. The van der Waals surface area contributed by atoms with E-state index in [2.05, 4.69) is 29.4 Å². The zero-order chi connectivity index (χ0) is 19.7. The zero-order valence-corrected chi connectivity index (χ0v) is 16.2. The number of rotatable bonds is 3. The van der Waals surface area contributed by atoms with Gasteiger partial charge in [0.25, 0.3) is 0 Å². The number of nitrogens with zero attached hydrogens (tertiary/aromatic N) is 3. The second kappa shape index (κ2) is 7.52. The number of thiazole rings is 1. The minimum Gasteiger partial charge on any atom is -0.504 e. The van der Waals surface area contributed by atoms with E-state index in [9.17, 15) is 15.3 Å². The predicted octanol–water partition coefficient (Wildman–Crippen LogP) is 3.84. The topological polar surface area (TPSA) is 90.3 Å². The molecule has 3 aromatic rings. The fourth-order valence-electron chi connectivity index (χ4n) is 3.42. The van der Waals surface area contributed by atoms with E-state index in [1.807, 2.05) is 12.3 Å². The van der Waals surface area contributed by atoms with Crippen molar-refractivity contribution in [3.8, 4) is 17.2 Å². The Morgan fingerprint density at radius 3 is 2.79 bits per heavy atom. The molecule has 0 spiro atoms. The number of phenolic OH excluding ortho intramolecular Hbond substituents is 3. The van der Waals surface area contributed by atoms with Gasteiger partial charge in [0, 0.05) is 10.9 Å². The molecule has 1 aliphatic carbocycles. The van der Waals surface area contributed by atoms with Gasteiger partial charge in [-0.25, -0.2) is 9.67 Å². The highest BCUT2D eigenvalue weighted by Crippen LogP contribution is 2.36. The SMILES string of the molecule is Cc1csc(=NC2CCCc3ccccc32)n1N=Cc1ccc(O)c(O)c1O. The second-order valence-corrected chi connectivity index (χ2v) is 7.66. The lowest BCUT2D eigenvalue weighted by atomic mass is 9.88. The maximum Gasteiger partial charge on any atom is 0.206 e. The van der Waals surface area contributed by atoms with Crippen LogP contribution < -0.4 is 4.80 Å². The molecule has 4 rings (SSSR count). The van der Waals surface area contributed by atoms with Gasteiger partial charge >= 0.3 is 0 Å². The Balaban J connectivity index is 1.71. The summed E-state index contributed by atoms with van der Waals surface area (Å²) >= 11 is 1.52. The second-order valence-electron chi connectivity index (χ2n) is 6.82. The third kappa shape index (κ3) is 3.41. The molecule has 0 amide bonds. The van der Waals surface area contributed by atoms with Crippen molar-refractivity contribution in [3.63, 3.8) is 0 Å². The lowest BCUT2D eigenvalue weighted by molar-refractivity contribution is 0.367. The zero-order valence-electron chi connectivity index (χ0n) is 15.4. The number of aryl methyl sites for hydroxylation is 2. The molecule has 28 heavy (non-hydrogen) atoms. The van der Waals surface area contributed by atoms with E-state index < -0.39 is 11.5 Å². The first-order valence-electron chi connectivity index (χ1n) is 9.11. The highest BCUT2D eigenvalue weighted by Gasteiger charge is 2.19. The van der Waals surface area contributed by atoms with Crippen molar-refractivity contribution < 1.29 is 15.3 Å². The summed E-state index contributed by atoms with van der Waals surface area (Å²) in [6, 6.07) is 11.3. The van der Waals surface area contributed by atoms with Crippen molar-refractivity contribution in [2.24, 2.45) is 10.1 Å². The van der Waals surface area contributed by atoms with Crippen molar-refractivity contribution in [1.82, 2.24) is 4.68 Å². The number of aromatic hydroxyl groups is 3. The number of aromatic nitrogens is 1. The Labute approximate surface area is 166 Å². The van der Waals surface area contributed by atoms with Gasteiger partial charge in [0.1, 0.15) is 0 Å². The molecule has 1 aliphatic rings. The summed E-state index contributed by atoms with van der Waals surface area (Å²) in [7, 11) is 0. The summed E-state index contributed by atoms with van der Waals surface area (Å²) in [6.07, 6.45) is 4.65. The van der Waals surface area contributed by atoms with Crippen LogP contribution in [0.3, 0.4) is 0 Å². The van der Waals surface area contributed by atoms with Crippen LogP contribution in [0.25, 0.3) is 0 Å². The van der Waals surface area contributed by atoms with Crippen LogP contribution in [0.1, 0.15) is 41.3 Å². The van der Waals surface area contributed by atoms with Gasteiger partial charge in [-0.05, 0) is 49.4 Å². The monoisotopic (exact) mass is 395 g/mol. The molecule has 0 saturated heterocycles. The van der Waals surface area contributed by atoms with E-state index in [0.29, 0.717) is 5.56 Å². The van der Waals surface area contributed by atoms with Crippen molar-refractivity contribution >= 4 is 17.6 Å². The van der Waals surface area contributed by atoms with E-state index in [1.54, 1.807) is 4.68 Å². The highest BCUT2D eigenvalue weighted by molar-refractivity contribution is 7.07. The first-order chi connectivity index (χ1) is 13.5. The summed E-state index contributed by atoms with van der Waals surface area (Å²) in [4.78, 5) is 5.74. The molecule has 1 aromatic heterocycles. The lowest BCUT2D eigenvalue weighted by Gasteiger charge is -2.21. The standard InChI is InChI=1S/C21H21N3O3S/c1-13-12-28-21(23-17-8-4-6-14-5-2-3-7-16(14)17)24(13)22-11-15-9-10-18(25)20(27)19(15)26/h2-3,5,7,9-12,17,25-27H,4,6,8H2,1H3. The van der Waals surface area contributed by atoms with Crippen LogP contribution >= 0.6 is 11.3 Å².